The number of phenolic OH excluding ortho intramolecular Hbond substituents is 1. The zero-order valence-corrected chi connectivity index (χ0v) is 20.3. The molecule has 3 aromatic carbocycles. The zero-order valence-electron chi connectivity index (χ0n) is 17.3. The van der Waals surface area contributed by atoms with Crippen molar-refractivity contribution in [1.29, 1.82) is 0 Å². The van der Waals surface area contributed by atoms with Crippen LogP contribution in [0.25, 0.3) is 6.08 Å². The average molecular weight is 520 g/mol. The number of amidine groups is 1. The molecule has 1 amide bonds. The molecule has 5 nitrogen and oxygen atoms in total. The van der Waals surface area contributed by atoms with Gasteiger partial charge in [0.05, 0.1) is 27.9 Å². The molecule has 1 aliphatic rings. The number of phenols is 1. The van der Waals surface area contributed by atoms with Crippen molar-refractivity contribution >= 4 is 75.1 Å². The molecule has 0 aromatic heterocycles. The fourth-order valence-corrected chi connectivity index (χ4v) is 4.56. The third-order valence-electron chi connectivity index (χ3n) is 4.59. The Balaban J connectivity index is 1.77. The molecule has 0 aliphatic carbocycles. The molecule has 0 atom stereocenters. The molecule has 0 radical (unpaired) electrons. The van der Waals surface area contributed by atoms with Gasteiger partial charge in [-0.25, -0.2) is 4.99 Å². The smallest absolute Gasteiger partial charge is 0.271 e. The lowest BCUT2D eigenvalue weighted by Crippen LogP contribution is -2.28. The second kappa shape index (κ2) is 10.1. The van der Waals surface area contributed by atoms with Crippen molar-refractivity contribution < 1.29 is 14.6 Å². The number of anilines is 1. The van der Waals surface area contributed by atoms with Gasteiger partial charge in [-0.1, -0.05) is 34.8 Å². The lowest BCUT2D eigenvalue weighted by molar-refractivity contribution is -0.113. The Bertz CT molecular complexity index is 1260. The van der Waals surface area contributed by atoms with Gasteiger partial charge in [0.2, 0.25) is 0 Å². The van der Waals surface area contributed by atoms with Gasteiger partial charge in [-0.3, -0.25) is 9.69 Å². The Hall–Kier alpha value is -2.64. The van der Waals surface area contributed by atoms with Crippen molar-refractivity contribution in [3.05, 3.63) is 86.2 Å². The summed E-state index contributed by atoms with van der Waals surface area (Å²) in [7, 11) is 0. The highest BCUT2D eigenvalue weighted by molar-refractivity contribution is 8.19. The number of hydrogen-bond acceptors (Lipinski definition) is 5. The van der Waals surface area contributed by atoms with E-state index in [2.05, 4.69) is 4.99 Å². The molecule has 0 saturated carbocycles. The van der Waals surface area contributed by atoms with Crippen molar-refractivity contribution in [3.8, 4) is 11.5 Å². The van der Waals surface area contributed by atoms with Crippen molar-refractivity contribution in [2.45, 2.75) is 6.92 Å². The van der Waals surface area contributed by atoms with Crippen LogP contribution in [0.4, 0.5) is 11.4 Å². The zero-order chi connectivity index (χ0) is 23.5. The van der Waals surface area contributed by atoms with Crippen LogP contribution >= 0.6 is 46.6 Å². The summed E-state index contributed by atoms with van der Waals surface area (Å²) < 4.78 is 5.45. The molecule has 1 N–H and O–H groups in total. The Kier molecular flexibility index (Phi) is 7.20. The minimum absolute atomic E-state index is 0.132. The number of rotatable bonds is 5. The van der Waals surface area contributed by atoms with Crippen LogP contribution in [0.1, 0.15) is 12.5 Å². The third-order valence-corrected chi connectivity index (χ3v) is 6.35. The quantitative estimate of drug-likeness (QED) is 0.353. The SMILES string of the molecule is CCOc1cc(/C=C2\SC(=Nc3ccc(Cl)cc3)N(c3ccc(Cl)cc3)C2=O)cc(Cl)c1O. The number of aliphatic imine (C=N–C) groups is 1. The van der Waals surface area contributed by atoms with E-state index in [-0.39, 0.29) is 22.4 Å². The van der Waals surface area contributed by atoms with E-state index in [4.69, 9.17) is 39.5 Å². The monoisotopic (exact) mass is 518 g/mol. The molecule has 168 valence electrons. The van der Waals surface area contributed by atoms with E-state index in [0.29, 0.717) is 43.7 Å². The minimum atomic E-state index is -0.253. The number of ether oxygens (including phenoxy) is 1. The van der Waals surface area contributed by atoms with Crippen molar-refractivity contribution in [2.75, 3.05) is 11.5 Å². The molecular weight excluding hydrogens is 503 g/mol. The van der Waals surface area contributed by atoms with Crippen LogP contribution in [-0.4, -0.2) is 22.8 Å². The summed E-state index contributed by atoms with van der Waals surface area (Å²) in [6, 6.07) is 17.2. The summed E-state index contributed by atoms with van der Waals surface area (Å²) >= 11 is 19.4. The number of carbonyl (C=O) groups is 1. The summed E-state index contributed by atoms with van der Waals surface area (Å²) in [5, 5.41) is 11.9. The lowest BCUT2D eigenvalue weighted by atomic mass is 10.1. The second-order valence-corrected chi connectivity index (χ2v) is 9.17. The second-order valence-electron chi connectivity index (χ2n) is 6.88. The number of aromatic hydroxyl groups is 1. The Morgan fingerprint density at radius 1 is 1.03 bits per heavy atom. The summed E-state index contributed by atoms with van der Waals surface area (Å²) in [5.74, 6) is -0.145. The summed E-state index contributed by atoms with van der Waals surface area (Å²) in [6.07, 6.45) is 1.69. The molecule has 33 heavy (non-hydrogen) atoms. The summed E-state index contributed by atoms with van der Waals surface area (Å²) in [4.78, 5) is 20.0. The lowest BCUT2D eigenvalue weighted by Gasteiger charge is -2.15. The highest BCUT2D eigenvalue weighted by Crippen LogP contribution is 2.40. The predicted octanol–water partition coefficient (Wildman–Crippen LogP) is 7.56. The number of carbonyl (C=O) groups excluding carboxylic acids is 1. The number of amides is 1. The van der Waals surface area contributed by atoms with Gasteiger partial charge in [-0.2, -0.15) is 0 Å². The van der Waals surface area contributed by atoms with Gasteiger partial charge in [-0.05, 0) is 91.0 Å². The van der Waals surface area contributed by atoms with Gasteiger partial charge in [-0.15, -0.1) is 0 Å². The third kappa shape index (κ3) is 5.31. The van der Waals surface area contributed by atoms with Crippen LogP contribution in [0.2, 0.25) is 15.1 Å². The van der Waals surface area contributed by atoms with E-state index in [0.717, 1.165) is 0 Å². The minimum Gasteiger partial charge on any atom is -0.503 e. The fourth-order valence-electron chi connectivity index (χ4n) is 3.09. The Morgan fingerprint density at radius 3 is 2.30 bits per heavy atom. The Labute approximate surface area is 210 Å². The largest absolute Gasteiger partial charge is 0.503 e. The maximum absolute atomic E-state index is 13.4. The van der Waals surface area contributed by atoms with Crippen LogP contribution < -0.4 is 9.64 Å². The normalized spacial score (nSPS) is 16.1. The van der Waals surface area contributed by atoms with E-state index >= 15 is 0 Å². The van der Waals surface area contributed by atoms with Crippen LogP contribution in [0.15, 0.2) is 70.6 Å². The number of nitrogens with zero attached hydrogens (tertiary/aromatic N) is 2. The van der Waals surface area contributed by atoms with E-state index in [9.17, 15) is 9.90 Å². The molecule has 4 rings (SSSR count). The highest BCUT2D eigenvalue weighted by Gasteiger charge is 2.35. The topological polar surface area (TPSA) is 62.1 Å². The first-order valence-corrected chi connectivity index (χ1v) is 11.8. The number of benzene rings is 3. The van der Waals surface area contributed by atoms with Crippen LogP contribution in [0, 0.1) is 0 Å². The fraction of sp³-hybridized carbons (Fsp3) is 0.0833. The molecule has 3 aromatic rings. The summed E-state index contributed by atoms with van der Waals surface area (Å²) in [5.41, 5.74) is 1.90. The number of halogens is 3. The van der Waals surface area contributed by atoms with E-state index < -0.39 is 0 Å². The molecule has 1 saturated heterocycles. The van der Waals surface area contributed by atoms with E-state index in [1.807, 2.05) is 0 Å². The standard InChI is InChI=1S/C24H17Cl3N2O3S/c1-2-32-20-12-14(11-19(27)22(20)30)13-21-23(31)29(18-9-5-16(26)6-10-18)24(33-21)28-17-7-3-15(25)4-8-17/h3-13,30H,2H2,1H3/b21-13-,28-24?. The van der Waals surface area contributed by atoms with Crippen molar-refractivity contribution in [2.24, 2.45) is 4.99 Å². The van der Waals surface area contributed by atoms with Crippen LogP contribution in [0.5, 0.6) is 11.5 Å². The van der Waals surface area contributed by atoms with E-state index in [1.54, 1.807) is 73.7 Å². The van der Waals surface area contributed by atoms with Gasteiger partial charge in [0.15, 0.2) is 16.7 Å². The summed E-state index contributed by atoms with van der Waals surface area (Å²) in [6.45, 7) is 2.16. The van der Waals surface area contributed by atoms with Gasteiger partial charge < -0.3 is 9.84 Å². The van der Waals surface area contributed by atoms with Crippen LogP contribution in [-0.2, 0) is 4.79 Å². The predicted molar refractivity (Wildman–Crippen MR) is 137 cm³/mol. The molecule has 0 spiro atoms. The van der Waals surface area contributed by atoms with Gasteiger partial charge in [0.25, 0.3) is 5.91 Å². The van der Waals surface area contributed by atoms with Gasteiger partial charge in [0.1, 0.15) is 0 Å². The maximum Gasteiger partial charge on any atom is 0.271 e. The van der Waals surface area contributed by atoms with E-state index in [1.165, 1.54) is 16.7 Å². The highest BCUT2D eigenvalue weighted by atomic mass is 35.5. The molecule has 1 fully saturated rings. The first-order chi connectivity index (χ1) is 15.9. The van der Waals surface area contributed by atoms with Gasteiger partial charge in [0, 0.05) is 10.0 Å². The van der Waals surface area contributed by atoms with Crippen molar-refractivity contribution in [1.82, 2.24) is 0 Å². The first kappa shape index (κ1) is 23.5. The molecule has 9 heteroatoms. The van der Waals surface area contributed by atoms with Crippen molar-refractivity contribution in [3.63, 3.8) is 0 Å². The number of thioether (sulfide) groups is 1. The molecule has 1 aliphatic heterocycles. The van der Waals surface area contributed by atoms with Gasteiger partial charge >= 0.3 is 0 Å². The Morgan fingerprint density at radius 2 is 1.67 bits per heavy atom. The molecule has 0 bridgehead atoms. The average Bonchev–Trinajstić information content (AvgIpc) is 3.08. The van der Waals surface area contributed by atoms with Crippen LogP contribution in [0.3, 0.4) is 0 Å². The first-order valence-electron chi connectivity index (χ1n) is 9.85. The number of hydrogen-bond donors (Lipinski definition) is 1. The maximum atomic E-state index is 13.4. The molecular formula is C24H17Cl3N2O3S. The molecule has 1 heterocycles. The molecule has 0 unspecified atom stereocenters.